The molecule has 0 aromatic rings. The third-order valence-electron chi connectivity index (χ3n) is 11.6. The van der Waals surface area contributed by atoms with Crippen molar-refractivity contribution < 1.29 is 52.4 Å². The summed E-state index contributed by atoms with van der Waals surface area (Å²) in [4.78, 5) is 59.7. The van der Waals surface area contributed by atoms with Crippen LogP contribution in [0.25, 0.3) is 0 Å². The van der Waals surface area contributed by atoms with E-state index >= 15 is 4.39 Å². The van der Waals surface area contributed by atoms with E-state index in [0.717, 1.165) is 6.92 Å². The van der Waals surface area contributed by atoms with E-state index in [-0.39, 0.29) is 43.9 Å². The molecule has 1 N–H and O–H groups in total. The smallest absolute Gasteiger partial charge is 0.351 e. The maximum atomic E-state index is 16.7. The topological polar surface area (TPSA) is 141 Å². The summed E-state index contributed by atoms with van der Waals surface area (Å²) in [6.45, 7) is 12.5. The standard InChI is InChI=1S/C36H55FN2O10/c1-13-15-45-34(7)17-19(3)27(41)33(6)18-39(12)24-26(33)36(9,49-30(24)43)23(14-2)47-32(44)35(8,37)28(42)21(5)29(34)48-31-25(40)22(38(10)11)16-20(4)46-31/h1,19-26,29,31,40H,14-18H2,2-12H3/t19-,20-,21+,22+,23-,24-,25-,26-,29-,31+,33-,34+,35-,36-/m1/s1. The lowest BCUT2D eigenvalue weighted by Gasteiger charge is -2.48. The van der Waals surface area contributed by atoms with Gasteiger partial charge in [0.05, 0.1) is 17.8 Å². The number of likely N-dealkylation sites (N-methyl/N-ethyl adjacent to an activating group) is 2. The van der Waals surface area contributed by atoms with Gasteiger partial charge in [-0.05, 0) is 68.1 Å². The Balaban J connectivity index is 1.90. The van der Waals surface area contributed by atoms with E-state index in [4.69, 9.17) is 30.1 Å². The highest BCUT2D eigenvalue weighted by Gasteiger charge is 2.71. The Labute approximate surface area is 289 Å². The number of terminal acetylenes is 1. The molecule has 4 saturated heterocycles. The van der Waals surface area contributed by atoms with Gasteiger partial charge < -0.3 is 33.7 Å². The highest BCUT2D eigenvalue weighted by molar-refractivity contribution is 6.08. The fourth-order valence-electron chi connectivity index (χ4n) is 9.25. The zero-order valence-electron chi connectivity index (χ0n) is 30.8. The minimum Gasteiger partial charge on any atom is -0.455 e. The number of hydrogen-bond donors (Lipinski definition) is 1. The predicted molar refractivity (Wildman–Crippen MR) is 176 cm³/mol. The van der Waals surface area contributed by atoms with Crippen LogP contribution in [0.1, 0.15) is 74.7 Å². The third kappa shape index (κ3) is 6.69. The number of halogens is 1. The SMILES string of the molecule is C#CCO[C@@]1(C)C[C@@H](C)C(=O)[C@]2(C)CN(C)[C@H]3C(=O)O[C@](C)([C@@H](CC)OC(=O)[C@](C)(F)C(=O)[C@H](C)[C@H]1O[C@@H]1O[C@H](C)C[C@H](N(C)C)[C@H]1O)[C@H]32. The van der Waals surface area contributed by atoms with Gasteiger partial charge in [-0.25, -0.2) is 9.18 Å². The summed E-state index contributed by atoms with van der Waals surface area (Å²) in [6, 6.07) is -1.19. The zero-order valence-corrected chi connectivity index (χ0v) is 30.8. The van der Waals surface area contributed by atoms with Crippen LogP contribution in [0.5, 0.6) is 0 Å². The average molecular weight is 695 g/mol. The number of hydrogen-bond acceptors (Lipinski definition) is 12. The molecule has 0 unspecified atom stereocenters. The zero-order chi connectivity index (χ0) is 37.0. The van der Waals surface area contributed by atoms with Crippen molar-refractivity contribution in [1.82, 2.24) is 9.80 Å². The molecule has 13 heteroatoms. The number of alkyl halides is 1. The van der Waals surface area contributed by atoms with Gasteiger partial charge in [0.1, 0.15) is 30.6 Å². The Morgan fingerprint density at radius 3 is 2.31 bits per heavy atom. The minimum atomic E-state index is -3.17. The summed E-state index contributed by atoms with van der Waals surface area (Å²) in [6.07, 6.45) is 0.865. The molecule has 276 valence electrons. The Morgan fingerprint density at radius 2 is 1.73 bits per heavy atom. The molecular formula is C36H55FN2O10. The van der Waals surface area contributed by atoms with Gasteiger partial charge in [-0.2, -0.15) is 0 Å². The van der Waals surface area contributed by atoms with E-state index in [9.17, 15) is 24.3 Å². The number of carbonyl (C=O) groups excluding carboxylic acids is 4. The van der Waals surface area contributed by atoms with Gasteiger partial charge in [-0.1, -0.05) is 33.6 Å². The van der Waals surface area contributed by atoms with Crippen LogP contribution in [-0.4, -0.2) is 132 Å². The van der Waals surface area contributed by atoms with Crippen LogP contribution < -0.4 is 0 Å². The molecule has 0 bridgehead atoms. The number of aliphatic hydroxyl groups is 1. The highest BCUT2D eigenvalue weighted by atomic mass is 19.1. The number of aliphatic hydroxyl groups excluding tert-OH is 1. The molecule has 12 nitrogen and oxygen atoms in total. The highest BCUT2D eigenvalue weighted by Crippen LogP contribution is 2.55. The number of carbonyl (C=O) groups is 4. The fourth-order valence-corrected chi connectivity index (χ4v) is 9.25. The monoisotopic (exact) mass is 694 g/mol. The molecule has 0 aromatic heterocycles. The molecular weight excluding hydrogens is 639 g/mol. The molecule has 0 radical (unpaired) electrons. The molecule has 0 aromatic carbocycles. The first-order valence-electron chi connectivity index (χ1n) is 17.2. The fraction of sp³-hybridized carbons (Fsp3) is 0.833. The average Bonchev–Trinajstić information content (AvgIpc) is 3.48. The van der Waals surface area contributed by atoms with Crippen molar-refractivity contribution in [1.29, 1.82) is 0 Å². The Bertz CT molecular complexity index is 1350. The largest absolute Gasteiger partial charge is 0.455 e. The second kappa shape index (κ2) is 13.9. The molecule has 4 rings (SSSR count). The number of cyclic esters (lactones) is 1. The van der Waals surface area contributed by atoms with Gasteiger partial charge in [-0.3, -0.25) is 19.3 Å². The van der Waals surface area contributed by atoms with E-state index in [1.54, 1.807) is 46.6 Å². The molecule has 0 amide bonds. The van der Waals surface area contributed by atoms with Crippen molar-refractivity contribution in [2.45, 2.75) is 134 Å². The van der Waals surface area contributed by atoms with E-state index in [1.807, 2.05) is 25.9 Å². The number of rotatable bonds is 6. The molecule has 14 atom stereocenters. The molecule has 0 aliphatic carbocycles. The number of esters is 2. The maximum absolute atomic E-state index is 16.7. The lowest BCUT2D eigenvalue weighted by atomic mass is 9.62. The van der Waals surface area contributed by atoms with Crippen molar-refractivity contribution in [3.05, 3.63) is 0 Å². The van der Waals surface area contributed by atoms with Crippen molar-refractivity contribution in [2.75, 3.05) is 34.3 Å². The van der Waals surface area contributed by atoms with Gasteiger partial charge >= 0.3 is 11.9 Å². The van der Waals surface area contributed by atoms with Crippen LogP contribution in [0.4, 0.5) is 4.39 Å². The molecule has 4 aliphatic heterocycles. The van der Waals surface area contributed by atoms with E-state index < -0.39 is 88.4 Å². The molecule has 49 heavy (non-hydrogen) atoms. The van der Waals surface area contributed by atoms with E-state index in [1.165, 1.54) is 6.92 Å². The Hall–Kier alpha value is -2.47. The van der Waals surface area contributed by atoms with Gasteiger partial charge in [0.15, 0.2) is 17.7 Å². The van der Waals surface area contributed by atoms with Crippen LogP contribution in [0, 0.1) is 35.5 Å². The molecule has 4 fully saturated rings. The first-order valence-corrected chi connectivity index (χ1v) is 17.2. The first kappa shape index (κ1) is 39.3. The predicted octanol–water partition coefficient (Wildman–Crippen LogP) is 2.32. The minimum absolute atomic E-state index is 0.0435. The van der Waals surface area contributed by atoms with Crippen LogP contribution in [-0.2, 0) is 42.9 Å². The second-order valence-corrected chi connectivity index (χ2v) is 15.7. The number of likely N-dealkylation sites (tertiary alicyclic amines) is 1. The maximum Gasteiger partial charge on any atom is 0.351 e. The lowest BCUT2D eigenvalue weighted by Crippen LogP contribution is -2.61. The van der Waals surface area contributed by atoms with E-state index in [2.05, 4.69) is 5.92 Å². The van der Waals surface area contributed by atoms with Gasteiger partial charge in [0.25, 0.3) is 5.67 Å². The van der Waals surface area contributed by atoms with Gasteiger partial charge in [-0.15, -0.1) is 6.42 Å². The van der Waals surface area contributed by atoms with Crippen molar-refractivity contribution in [2.24, 2.45) is 23.2 Å². The Morgan fingerprint density at radius 1 is 1.10 bits per heavy atom. The van der Waals surface area contributed by atoms with Crippen LogP contribution in [0.15, 0.2) is 0 Å². The van der Waals surface area contributed by atoms with Gasteiger partial charge in [0, 0.05) is 35.8 Å². The van der Waals surface area contributed by atoms with Crippen molar-refractivity contribution in [3.63, 3.8) is 0 Å². The quantitative estimate of drug-likeness (QED) is 0.248. The van der Waals surface area contributed by atoms with Gasteiger partial charge in [0.2, 0.25) is 0 Å². The van der Waals surface area contributed by atoms with E-state index in [0.29, 0.717) is 6.42 Å². The molecule has 4 aliphatic rings. The Kier molecular flexibility index (Phi) is 11.2. The third-order valence-corrected chi connectivity index (χ3v) is 11.6. The number of ketones is 2. The summed E-state index contributed by atoms with van der Waals surface area (Å²) >= 11 is 0. The van der Waals surface area contributed by atoms with Crippen LogP contribution in [0.2, 0.25) is 0 Å². The summed E-state index contributed by atoms with van der Waals surface area (Å²) in [5, 5.41) is 11.4. The van der Waals surface area contributed by atoms with Crippen LogP contribution >= 0.6 is 0 Å². The lowest BCUT2D eigenvalue weighted by molar-refractivity contribution is -0.296. The van der Waals surface area contributed by atoms with Crippen molar-refractivity contribution >= 4 is 23.5 Å². The van der Waals surface area contributed by atoms with Crippen molar-refractivity contribution in [3.8, 4) is 12.3 Å². The number of nitrogens with zero attached hydrogens (tertiary/aromatic N) is 2. The molecule has 0 saturated carbocycles. The summed E-state index contributed by atoms with van der Waals surface area (Å²) in [5.74, 6) is -3.89. The molecule has 4 heterocycles. The summed E-state index contributed by atoms with van der Waals surface area (Å²) in [5.41, 5.74) is -7.40. The number of ether oxygens (including phenoxy) is 5. The summed E-state index contributed by atoms with van der Waals surface area (Å²) in [7, 11) is 5.36. The number of Topliss-reactive ketones (excluding diaryl/α,β-unsaturated/α-hetero) is 2. The summed E-state index contributed by atoms with van der Waals surface area (Å²) < 4.78 is 47.2. The first-order chi connectivity index (χ1) is 22.6. The normalized spacial score (nSPS) is 47.0. The molecule has 0 spiro atoms. The second-order valence-electron chi connectivity index (χ2n) is 15.7. The van der Waals surface area contributed by atoms with Crippen LogP contribution in [0.3, 0.4) is 0 Å².